The Balaban J connectivity index is 1.86. The Bertz CT molecular complexity index is 592. The molecule has 0 aromatic heterocycles. The van der Waals surface area contributed by atoms with Crippen LogP contribution in [0.2, 0.25) is 0 Å². The zero-order valence-corrected chi connectivity index (χ0v) is 13.5. The number of aliphatic hydroxyl groups excluding tert-OH is 1. The fourth-order valence-electron chi connectivity index (χ4n) is 3.97. The number of ether oxygens (including phenoxy) is 2. The Morgan fingerprint density at radius 3 is 2.74 bits per heavy atom. The van der Waals surface area contributed by atoms with Gasteiger partial charge in [-0.15, -0.1) is 0 Å². The predicted molar refractivity (Wildman–Crippen MR) is 79.2 cm³/mol. The summed E-state index contributed by atoms with van der Waals surface area (Å²) in [6.45, 7) is 3.71. The van der Waals surface area contributed by atoms with Crippen LogP contribution in [0.3, 0.4) is 0 Å². The highest BCUT2D eigenvalue weighted by Gasteiger charge is 2.63. The maximum absolute atomic E-state index is 12.7. The zero-order chi connectivity index (χ0) is 16.8. The molecule has 0 amide bonds. The molecule has 1 N–H and O–H groups in total. The highest BCUT2D eigenvalue weighted by atomic mass is 16.6. The Hall–Kier alpha value is -1.69. The predicted octanol–water partition coefficient (Wildman–Crippen LogP) is 1.30. The van der Waals surface area contributed by atoms with Gasteiger partial charge in [0.25, 0.3) is 0 Å². The van der Waals surface area contributed by atoms with Crippen molar-refractivity contribution < 1.29 is 29.0 Å². The highest BCUT2D eigenvalue weighted by molar-refractivity contribution is 6.23. The van der Waals surface area contributed by atoms with Gasteiger partial charge in [0, 0.05) is 5.92 Å². The molecule has 1 aliphatic carbocycles. The van der Waals surface area contributed by atoms with Crippen molar-refractivity contribution in [2.75, 3.05) is 6.61 Å². The molecule has 4 atom stereocenters. The van der Waals surface area contributed by atoms with E-state index in [1.165, 1.54) is 0 Å². The van der Waals surface area contributed by atoms with Gasteiger partial charge >= 0.3 is 11.9 Å². The van der Waals surface area contributed by atoms with Crippen molar-refractivity contribution in [3.63, 3.8) is 0 Å². The molecular formula is C17H22O6. The molecule has 3 aliphatic rings. The molecule has 3 rings (SSSR count). The molecule has 0 radical (unpaired) electrons. The summed E-state index contributed by atoms with van der Waals surface area (Å²) in [5, 5.41) is 10.5. The van der Waals surface area contributed by atoms with Gasteiger partial charge in [0.1, 0.15) is 12.2 Å². The number of Topliss-reactive ketones (excluding diaryl/α,β-unsaturated/α-hetero) is 1. The van der Waals surface area contributed by atoms with Crippen molar-refractivity contribution in [3.8, 4) is 0 Å². The van der Waals surface area contributed by atoms with Crippen molar-refractivity contribution >= 4 is 17.7 Å². The Kier molecular flexibility index (Phi) is 4.04. The lowest BCUT2D eigenvalue weighted by molar-refractivity contribution is -0.158. The summed E-state index contributed by atoms with van der Waals surface area (Å²) in [6, 6.07) is 0. The average molecular weight is 322 g/mol. The highest BCUT2D eigenvalue weighted by Crippen LogP contribution is 2.49. The summed E-state index contributed by atoms with van der Waals surface area (Å²) in [4.78, 5) is 36.7. The minimum absolute atomic E-state index is 0.0395. The van der Waals surface area contributed by atoms with Crippen LogP contribution in [0.1, 0.15) is 46.0 Å². The molecule has 126 valence electrons. The van der Waals surface area contributed by atoms with Crippen molar-refractivity contribution in [2.24, 2.45) is 11.8 Å². The fourth-order valence-corrected chi connectivity index (χ4v) is 3.97. The van der Waals surface area contributed by atoms with Gasteiger partial charge in [-0.3, -0.25) is 9.59 Å². The van der Waals surface area contributed by atoms with E-state index in [0.717, 1.165) is 19.3 Å². The molecule has 0 spiro atoms. The smallest absolute Gasteiger partial charge is 0.342 e. The lowest BCUT2D eigenvalue weighted by atomic mass is 9.68. The van der Waals surface area contributed by atoms with E-state index in [-0.39, 0.29) is 12.2 Å². The number of carbonyl (C=O) groups excluding carboxylic acids is 3. The second-order valence-corrected chi connectivity index (χ2v) is 6.81. The number of ketones is 1. The van der Waals surface area contributed by atoms with E-state index in [9.17, 15) is 19.5 Å². The summed E-state index contributed by atoms with van der Waals surface area (Å²) in [5.41, 5.74) is -0.695. The first-order valence-corrected chi connectivity index (χ1v) is 8.25. The third kappa shape index (κ3) is 2.40. The lowest BCUT2D eigenvalue weighted by Gasteiger charge is -2.34. The maximum atomic E-state index is 12.7. The van der Waals surface area contributed by atoms with Crippen LogP contribution in [0, 0.1) is 11.8 Å². The largest absolute Gasteiger partial charge is 0.457 e. The number of rotatable bonds is 5. The quantitative estimate of drug-likeness (QED) is 0.466. The van der Waals surface area contributed by atoms with E-state index >= 15 is 0 Å². The minimum atomic E-state index is -1.37. The van der Waals surface area contributed by atoms with Crippen LogP contribution in [0.4, 0.5) is 0 Å². The summed E-state index contributed by atoms with van der Waals surface area (Å²) in [7, 11) is 0. The summed E-state index contributed by atoms with van der Waals surface area (Å²) >= 11 is 0. The van der Waals surface area contributed by atoms with E-state index in [1.807, 2.05) is 0 Å². The molecule has 23 heavy (non-hydrogen) atoms. The maximum Gasteiger partial charge on any atom is 0.342 e. The first kappa shape index (κ1) is 16.2. The second kappa shape index (κ2) is 5.74. The number of hydrogen-bond acceptors (Lipinski definition) is 6. The fraction of sp³-hybridized carbons (Fsp3) is 0.706. The molecule has 1 fully saturated rings. The minimum Gasteiger partial charge on any atom is -0.457 e. The van der Waals surface area contributed by atoms with Gasteiger partial charge in [-0.05, 0) is 25.3 Å². The van der Waals surface area contributed by atoms with E-state index in [0.29, 0.717) is 18.4 Å². The number of unbranched alkanes of at least 4 members (excludes halogenated alkanes) is 2. The van der Waals surface area contributed by atoms with Crippen molar-refractivity contribution in [2.45, 2.75) is 57.7 Å². The molecule has 2 heterocycles. The van der Waals surface area contributed by atoms with Gasteiger partial charge < -0.3 is 14.6 Å². The molecule has 6 heteroatoms. The van der Waals surface area contributed by atoms with Gasteiger partial charge in [0.05, 0.1) is 12.0 Å². The van der Waals surface area contributed by atoms with Gasteiger partial charge in [-0.25, -0.2) is 4.79 Å². The molecule has 6 nitrogen and oxygen atoms in total. The van der Waals surface area contributed by atoms with Gasteiger partial charge in [0.2, 0.25) is 5.78 Å². The number of cyclic esters (lactones) is 1. The zero-order valence-electron chi connectivity index (χ0n) is 13.5. The molecule has 0 aromatic rings. The molecule has 0 unspecified atom stereocenters. The van der Waals surface area contributed by atoms with Crippen LogP contribution < -0.4 is 0 Å². The molecule has 1 saturated heterocycles. The number of aliphatic hydroxyl groups is 1. The first-order valence-electron chi connectivity index (χ1n) is 8.25. The van der Waals surface area contributed by atoms with Crippen molar-refractivity contribution in [3.05, 3.63) is 11.1 Å². The molecular weight excluding hydrogens is 300 g/mol. The molecule has 0 aromatic carbocycles. The van der Waals surface area contributed by atoms with Crippen LogP contribution in [-0.4, -0.2) is 41.1 Å². The summed E-state index contributed by atoms with van der Waals surface area (Å²) in [5.74, 6) is -2.81. The SMILES string of the molecule is CCCCC[C@H](O)[C@@H]1C(=O)O[C@]2(C)C(=O)C3=C(COC3=O)C[C@@H]12. The van der Waals surface area contributed by atoms with Crippen LogP contribution in [0.15, 0.2) is 11.1 Å². The van der Waals surface area contributed by atoms with E-state index in [4.69, 9.17) is 9.47 Å². The molecule has 0 bridgehead atoms. The van der Waals surface area contributed by atoms with Gasteiger partial charge in [0.15, 0.2) is 5.60 Å². The van der Waals surface area contributed by atoms with Crippen LogP contribution in [0.25, 0.3) is 0 Å². The number of esters is 2. The Morgan fingerprint density at radius 2 is 2.04 bits per heavy atom. The van der Waals surface area contributed by atoms with E-state index in [2.05, 4.69) is 6.92 Å². The molecule has 0 saturated carbocycles. The van der Waals surface area contributed by atoms with Crippen LogP contribution >= 0.6 is 0 Å². The second-order valence-electron chi connectivity index (χ2n) is 6.81. The lowest BCUT2D eigenvalue weighted by Crippen LogP contribution is -2.48. The molecule has 2 aliphatic heterocycles. The van der Waals surface area contributed by atoms with Gasteiger partial charge in [-0.1, -0.05) is 26.2 Å². The van der Waals surface area contributed by atoms with E-state index in [1.54, 1.807) is 6.92 Å². The normalized spacial score (nSPS) is 34.1. The van der Waals surface area contributed by atoms with Crippen molar-refractivity contribution in [1.29, 1.82) is 0 Å². The third-order valence-corrected chi connectivity index (χ3v) is 5.32. The standard InChI is InChI=1S/C17H22O6/c1-3-4-5-6-11(18)13-10-7-9-8-22-15(20)12(9)14(19)17(10,2)23-16(13)21/h10-11,13,18H,3-8H2,1-2H3/t10-,11-,13+,17-/m0/s1. The number of carbonyl (C=O) groups is 3. The third-order valence-electron chi connectivity index (χ3n) is 5.32. The summed E-state index contributed by atoms with van der Waals surface area (Å²) in [6.07, 6.45) is 2.90. The van der Waals surface area contributed by atoms with Crippen LogP contribution in [0.5, 0.6) is 0 Å². The van der Waals surface area contributed by atoms with Crippen molar-refractivity contribution in [1.82, 2.24) is 0 Å². The van der Waals surface area contributed by atoms with Gasteiger partial charge in [-0.2, -0.15) is 0 Å². The first-order chi connectivity index (χ1) is 10.9. The Labute approximate surface area is 134 Å². The summed E-state index contributed by atoms with van der Waals surface area (Å²) < 4.78 is 10.3. The average Bonchev–Trinajstić information content (AvgIpc) is 2.98. The van der Waals surface area contributed by atoms with E-state index < -0.39 is 41.3 Å². The number of fused-ring (bicyclic) bond motifs is 1. The topological polar surface area (TPSA) is 89.9 Å². The van der Waals surface area contributed by atoms with Crippen LogP contribution in [-0.2, 0) is 23.9 Å². The monoisotopic (exact) mass is 322 g/mol. The Morgan fingerprint density at radius 1 is 1.30 bits per heavy atom. The number of hydrogen-bond donors (Lipinski definition) is 1.